The molecule has 7 heteroatoms. The van der Waals surface area contributed by atoms with Gasteiger partial charge >= 0.3 is 5.97 Å². The first kappa shape index (κ1) is 13.4. The first-order valence-electron chi connectivity index (χ1n) is 5.15. The third-order valence-electron chi connectivity index (χ3n) is 2.24. The van der Waals surface area contributed by atoms with Gasteiger partial charge in [-0.1, -0.05) is 13.8 Å². The van der Waals surface area contributed by atoms with Crippen LogP contribution >= 0.6 is 0 Å². The van der Waals surface area contributed by atoms with E-state index in [2.05, 4.69) is 0 Å². The number of hydrogen-bond acceptors (Lipinski definition) is 4. The molecule has 0 aromatic heterocycles. The second-order valence-electron chi connectivity index (χ2n) is 4.23. The van der Waals surface area contributed by atoms with Gasteiger partial charge in [-0.2, -0.15) is 4.31 Å². The second kappa shape index (κ2) is 5.11. The predicted octanol–water partition coefficient (Wildman–Crippen LogP) is -0.242. The lowest BCUT2D eigenvalue weighted by atomic mass is 10.3. The Kier molecular flexibility index (Phi) is 4.28. The maximum absolute atomic E-state index is 11.8. The first-order valence-corrected chi connectivity index (χ1v) is 6.76. The molecule has 0 aromatic rings. The topological polar surface area (TPSA) is 83.9 Å². The number of carboxylic acids is 1. The number of carbonyl (C=O) groups is 1. The summed E-state index contributed by atoms with van der Waals surface area (Å²) in [5.41, 5.74) is 0. The number of hydrogen-bond donors (Lipinski definition) is 1. The van der Waals surface area contributed by atoms with Crippen molar-refractivity contribution in [1.82, 2.24) is 4.31 Å². The number of ether oxygens (including phenoxy) is 1. The summed E-state index contributed by atoms with van der Waals surface area (Å²) in [7, 11) is -3.36. The fraction of sp³-hybridized carbons (Fsp3) is 0.889. The van der Waals surface area contributed by atoms with Crippen LogP contribution in [-0.4, -0.2) is 55.4 Å². The third-order valence-corrected chi connectivity index (χ3v) is 4.45. The van der Waals surface area contributed by atoms with Crippen molar-refractivity contribution in [2.45, 2.75) is 20.0 Å². The van der Waals surface area contributed by atoms with E-state index in [9.17, 15) is 13.2 Å². The zero-order valence-electron chi connectivity index (χ0n) is 9.42. The Labute approximate surface area is 95.2 Å². The number of aliphatic carboxylic acids is 1. The predicted molar refractivity (Wildman–Crippen MR) is 57.6 cm³/mol. The van der Waals surface area contributed by atoms with Crippen LogP contribution in [0.15, 0.2) is 0 Å². The molecule has 1 saturated heterocycles. The van der Waals surface area contributed by atoms with Gasteiger partial charge in [0.1, 0.15) is 0 Å². The third kappa shape index (κ3) is 3.43. The summed E-state index contributed by atoms with van der Waals surface area (Å²) in [6, 6.07) is 0. The Morgan fingerprint density at radius 2 is 2.19 bits per heavy atom. The van der Waals surface area contributed by atoms with E-state index in [0.717, 1.165) is 0 Å². The Balaban J connectivity index is 2.70. The highest BCUT2D eigenvalue weighted by Crippen LogP contribution is 2.13. The van der Waals surface area contributed by atoms with Gasteiger partial charge < -0.3 is 9.84 Å². The molecule has 6 nitrogen and oxygen atoms in total. The van der Waals surface area contributed by atoms with Crippen LogP contribution in [0.4, 0.5) is 0 Å². The Hall–Kier alpha value is -0.660. The average molecular weight is 251 g/mol. The summed E-state index contributed by atoms with van der Waals surface area (Å²) in [6.45, 7) is 3.90. The highest BCUT2D eigenvalue weighted by molar-refractivity contribution is 7.89. The van der Waals surface area contributed by atoms with Crippen LogP contribution in [0.3, 0.4) is 0 Å². The molecule has 0 amide bonds. The Bertz CT molecular complexity index is 351. The minimum absolute atomic E-state index is 0.0242. The molecule has 0 saturated carbocycles. The number of sulfonamides is 1. The van der Waals surface area contributed by atoms with E-state index in [1.54, 1.807) is 0 Å². The van der Waals surface area contributed by atoms with E-state index in [1.165, 1.54) is 4.31 Å². The summed E-state index contributed by atoms with van der Waals surface area (Å²) in [6.07, 6.45) is -1.05. The molecule has 1 atom stereocenters. The number of rotatable bonds is 4. The van der Waals surface area contributed by atoms with Gasteiger partial charge in [-0.05, 0) is 5.92 Å². The molecule has 0 spiro atoms. The molecule has 1 aliphatic rings. The van der Waals surface area contributed by atoms with Crippen LogP contribution in [-0.2, 0) is 19.6 Å². The Morgan fingerprint density at radius 1 is 1.56 bits per heavy atom. The largest absolute Gasteiger partial charge is 0.479 e. The lowest BCUT2D eigenvalue weighted by molar-refractivity contribution is -0.153. The molecule has 1 fully saturated rings. The number of nitrogens with zero attached hydrogens (tertiary/aromatic N) is 1. The van der Waals surface area contributed by atoms with Crippen molar-refractivity contribution in [1.29, 1.82) is 0 Å². The zero-order valence-corrected chi connectivity index (χ0v) is 10.2. The van der Waals surface area contributed by atoms with Gasteiger partial charge in [-0.25, -0.2) is 13.2 Å². The lowest BCUT2D eigenvalue weighted by Crippen LogP contribution is -2.49. The van der Waals surface area contributed by atoms with Crippen molar-refractivity contribution in [3.63, 3.8) is 0 Å². The molecule has 0 radical (unpaired) electrons. The normalized spacial score (nSPS) is 23.6. The molecule has 1 aliphatic heterocycles. The van der Waals surface area contributed by atoms with Crippen molar-refractivity contribution in [2.75, 3.05) is 25.4 Å². The maximum atomic E-state index is 11.8. The minimum atomic E-state index is -3.36. The van der Waals surface area contributed by atoms with Gasteiger partial charge in [0, 0.05) is 6.54 Å². The molecule has 94 valence electrons. The van der Waals surface area contributed by atoms with Gasteiger partial charge in [0.15, 0.2) is 6.10 Å². The SMILES string of the molecule is CC(C)CS(=O)(=O)N1CCOC(C(=O)O)C1. The fourth-order valence-corrected chi connectivity index (χ4v) is 3.32. The van der Waals surface area contributed by atoms with Crippen LogP contribution in [0.25, 0.3) is 0 Å². The van der Waals surface area contributed by atoms with Crippen molar-refractivity contribution in [3.8, 4) is 0 Å². The van der Waals surface area contributed by atoms with Gasteiger partial charge in [0.2, 0.25) is 10.0 Å². The van der Waals surface area contributed by atoms with Gasteiger partial charge in [-0.3, -0.25) is 0 Å². The smallest absolute Gasteiger partial charge is 0.334 e. The molecule has 0 bridgehead atoms. The van der Waals surface area contributed by atoms with Crippen LogP contribution < -0.4 is 0 Å². The fourth-order valence-electron chi connectivity index (χ4n) is 1.55. The van der Waals surface area contributed by atoms with Gasteiger partial charge in [0.25, 0.3) is 0 Å². The number of morpholine rings is 1. The maximum Gasteiger partial charge on any atom is 0.334 e. The van der Waals surface area contributed by atoms with Gasteiger partial charge in [-0.15, -0.1) is 0 Å². The minimum Gasteiger partial charge on any atom is -0.479 e. The van der Waals surface area contributed by atoms with E-state index in [1.807, 2.05) is 13.8 Å². The van der Waals surface area contributed by atoms with Gasteiger partial charge in [0.05, 0.1) is 18.9 Å². The monoisotopic (exact) mass is 251 g/mol. The molecular weight excluding hydrogens is 234 g/mol. The van der Waals surface area contributed by atoms with Crippen LogP contribution in [0, 0.1) is 5.92 Å². The lowest BCUT2D eigenvalue weighted by Gasteiger charge is -2.30. The van der Waals surface area contributed by atoms with E-state index in [0.29, 0.717) is 0 Å². The summed E-state index contributed by atoms with van der Waals surface area (Å²) >= 11 is 0. The second-order valence-corrected chi connectivity index (χ2v) is 6.24. The van der Waals surface area contributed by atoms with Crippen molar-refractivity contribution in [2.24, 2.45) is 5.92 Å². The molecule has 16 heavy (non-hydrogen) atoms. The van der Waals surface area contributed by atoms with E-state index in [4.69, 9.17) is 9.84 Å². The zero-order chi connectivity index (χ0) is 12.3. The van der Waals surface area contributed by atoms with Crippen LogP contribution in [0.2, 0.25) is 0 Å². The average Bonchev–Trinajstić information content (AvgIpc) is 2.16. The van der Waals surface area contributed by atoms with E-state index >= 15 is 0 Å². The molecular formula is C9H17NO5S. The molecule has 0 aliphatic carbocycles. The summed E-state index contributed by atoms with van der Waals surface area (Å²) < 4.78 is 29.9. The molecule has 1 heterocycles. The quantitative estimate of drug-likeness (QED) is 0.745. The van der Waals surface area contributed by atoms with Crippen molar-refractivity contribution >= 4 is 16.0 Å². The molecule has 1 unspecified atom stereocenters. The van der Waals surface area contributed by atoms with E-state index in [-0.39, 0.29) is 31.4 Å². The molecule has 1 N–H and O–H groups in total. The highest BCUT2D eigenvalue weighted by atomic mass is 32.2. The number of carboxylic acid groups (broad SMARTS) is 1. The molecule has 1 rings (SSSR count). The van der Waals surface area contributed by atoms with Crippen molar-refractivity contribution in [3.05, 3.63) is 0 Å². The summed E-state index contributed by atoms with van der Waals surface area (Å²) in [4.78, 5) is 10.7. The molecule has 0 aromatic carbocycles. The van der Waals surface area contributed by atoms with Crippen molar-refractivity contribution < 1.29 is 23.1 Å². The summed E-state index contributed by atoms with van der Waals surface area (Å²) in [5.74, 6) is -1.06. The highest BCUT2D eigenvalue weighted by Gasteiger charge is 2.33. The van der Waals surface area contributed by atoms with Crippen LogP contribution in [0.1, 0.15) is 13.8 Å². The first-order chi connectivity index (χ1) is 7.33. The van der Waals surface area contributed by atoms with Crippen LogP contribution in [0.5, 0.6) is 0 Å². The standard InChI is InChI=1S/C9H17NO5S/c1-7(2)6-16(13,14)10-3-4-15-8(5-10)9(11)12/h7-8H,3-6H2,1-2H3,(H,11,12). The van der Waals surface area contributed by atoms with E-state index < -0.39 is 22.1 Å². The Morgan fingerprint density at radius 3 is 2.69 bits per heavy atom. The summed E-state index contributed by atoms with van der Waals surface area (Å²) in [5, 5.41) is 8.76.